The highest BCUT2D eigenvalue weighted by Gasteiger charge is 2.15. The molecule has 0 saturated heterocycles. The van der Waals surface area contributed by atoms with Crippen molar-refractivity contribution in [1.29, 1.82) is 0 Å². The van der Waals surface area contributed by atoms with Crippen molar-refractivity contribution in [3.8, 4) is 11.5 Å². The van der Waals surface area contributed by atoms with E-state index >= 15 is 0 Å². The van der Waals surface area contributed by atoms with Gasteiger partial charge >= 0.3 is 6.16 Å². The van der Waals surface area contributed by atoms with Crippen LogP contribution >= 0.6 is 0 Å². The van der Waals surface area contributed by atoms with Crippen molar-refractivity contribution in [3.05, 3.63) is 23.3 Å². The van der Waals surface area contributed by atoms with Gasteiger partial charge in [0, 0.05) is 5.56 Å². The van der Waals surface area contributed by atoms with E-state index < -0.39 is 6.16 Å². The fraction of sp³-hybridized carbons (Fsp3) is 0.556. The number of unbranched alkanes of at least 4 members (excludes halogenated alkanes) is 3. The molecular weight excluding hydrogens is 312 g/mol. The van der Waals surface area contributed by atoms with Crippen LogP contribution in [0.5, 0.6) is 11.5 Å². The Bertz CT molecular complexity index is 520. The summed E-state index contributed by atoms with van der Waals surface area (Å²) in [6.45, 7) is 6.36. The van der Waals surface area contributed by atoms with Crippen LogP contribution < -0.4 is 4.74 Å². The Labute approximate surface area is 143 Å². The third-order valence-corrected chi connectivity index (χ3v) is 3.37. The maximum atomic E-state index is 11.5. The third-order valence-electron chi connectivity index (χ3n) is 3.37. The third kappa shape index (κ3) is 8.41. The van der Waals surface area contributed by atoms with E-state index in [1.165, 1.54) is 19.8 Å². The monoisotopic (exact) mass is 340 g/mol. The van der Waals surface area contributed by atoms with E-state index in [9.17, 15) is 9.90 Å². The van der Waals surface area contributed by atoms with E-state index in [-0.39, 0.29) is 11.5 Å². The number of aromatic hydroxyl groups is 1. The van der Waals surface area contributed by atoms with Crippen LogP contribution in [0.1, 0.15) is 68.8 Å². The van der Waals surface area contributed by atoms with E-state index in [2.05, 4.69) is 6.92 Å². The van der Waals surface area contributed by atoms with E-state index in [0.717, 1.165) is 31.2 Å². The molecule has 0 aliphatic heterocycles. The van der Waals surface area contributed by atoms with Gasteiger partial charge in [0.2, 0.25) is 0 Å². The highest BCUT2D eigenvalue weighted by molar-refractivity contribution is 5.97. The van der Waals surface area contributed by atoms with Crippen LogP contribution in [0.4, 0.5) is 4.79 Å². The molecule has 6 nitrogen and oxygen atoms in total. The number of hydrogen-bond donors (Lipinski definition) is 3. The molecule has 0 fully saturated rings. The van der Waals surface area contributed by atoms with Gasteiger partial charge in [0.05, 0.1) is 12.2 Å². The van der Waals surface area contributed by atoms with Crippen LogP contribution in [-0.4, -0.2) is 33.9 Å². The highest BCUT2D eigenvalue weighted by atomic mass is 16.6. The Balaban J connectivity index is 0.00000118. The maximum absolute atomic E-state index is 11.5. The zero-order valence-electron chi connectivity index (χ0n) is 14.7. The molecule has 6 heteroatoms. The Kier molecular flexibility index (Phi) is 11.1. The first-order valence-corrected chi connectivity index (χ1v) is 8.25. The molecule has 136 valence electrons. The van der Waals surface area contributed by atoms with Crippen molar-refractivity contribution in [2.24, 2.45) is 0 Å². The summed E-state index contributed by atoms with van der Waals surface area (Å²) in [5.74, 6) is 0.686. The lowest BCUT2D eigenvalue weighted by atomic mass is 10.0. The zero-order chi connectivity index (χ0) is 18.5. The summed E-state index contributed by atoms with van der Waals surface area (Å²) >= 11 is 0. The minimum atomic E-state index is -1.83. The predicted octanol–water partition coefficient (Wildman–Crippen LogP) is 4.73. The average Bonchev–Trinajstić information content (AvgIpc) is 2.49. The number of benzene rings is 1. The fourth-order valence-electron chi connectivity index (χ4n) is 2.24. The Hall–Kier alpha value is -2.24. The van der Waals surface area contributed by atoms with Gasteiger partial charge in [-0.3, -0.25) is 4.79 Å². The average molecular weight is 340 g/mol. The number of carbonyl (C=O) groups is 2. The normalized spacial score (nSPS) is 9.79. The summed E-state index contributed by atoms with van der Waals surface area (Å²) in [4.78, 5) is 20.0. The van der Waals surface area contributed by atoms with Crippen molar-refractivity contribution in [2.45, 2.75) is 59.3 Å². The SMILES string of the molecule is CCCCCCOc1ccc(C(C)=O)c(O)c1CCC.O=C(O)O. The van der Waals surface area contributed by atoms with Gasteiger partial charge < -0.3 is 20.1 Å². The fourth-order valence-corrected chi connectivity index (χ4v) is 2.24. The van der Waals surface area contributed by atoms with Crippen LogP contribution in [0.3, 0.4) is 0 Å². The minimum absolute atomic E-state index is 0.0883. The summed E-state index contributed by atoms with van der Waals surface area (Å²) in [5.41, 5.74) is 1.14. The Morgan fingerprint density at radius 2 is 1.67 bits per heavy atom. The van der Waals surface area contributed by atoms with Crippen molar-refractivity contribution in [2.75, 3.05) is 6.61 Å². The van der Waals surface area contributed by atoms with Crippen LogP contribution in [-0.2, 0) is 6.42 Å². The lowest BCUT2D eigenvalue weighted by Crippen LogP contribution is -2.03. The lowest BCUT2D eigenvalue weighted by molar-refractivity contribution is 0.101. The smallest absolute Gasteiger partial charge is 0.503 e. The van der Waals surface area contributed by atoms with Gasteiger partial charge in [-0.15, -0.1) is 0 Å². The second kappa shape index (κ2) is 12.2. The number of ether oxygens (including phenoxy) is 1. The number of Topliss-reactive ketones (excluding diaryl/α,β-unsaturated/α-hetero) is 1. The van der Waals surface area contributed by atoms with Crippen LogP contribution in [0.2, 0.25) is 0 Å². The van der Waals surface area contributed by atoms with Crippen molar-refractivity contribution in [1.82, 2.24) is 0 Å². The first kappa shape index (κ1) is 21.8. The summed E-state index contributed by atoms with van der Waals surface area (Å²) in [5, 5.41) is 24.2. The molecule has 0 bridgehead atoms. The summed E-state index contributed by atoms with van der Waals surface area (Å²) in [6.07, 6.45) is 4.40. The van der Waals surface area contributed by atoms with Crippen LogP contribution in [0.25, 0.3) is 0 Å². The summed E-state index contributed by atoms with van der Waals surface area (Å²) < 4.78 is 5.78. The molecule has 0 heterocycles. The molecule has 0 atom stereocenters. The van der Waals surface area contributed by atoms with E-state index in [1.54, 1.807) is 12.1 Å². The van der Waals surface area contributed by atoms with Gasteiger partial charge in [-0.1, -0.05) is 39.5 Å². The largest absolute Gasteiger partial charge is 0.507 e. The molecule has 0 saturated carbocycles. The summed E-state index contributed by atoms with van der Waals surface area (Å²) in [6, 6.07) is 3.46. The molecule has 0 aliphatic carbocycles. The summed E-state index contributed by atoms with van der Waals surface area (Å²) in [7, 11) is 0. The number of rotatable bonds is 9. The van der Waals surface area contributed by atoms with E-state index in [1.807, 2.05) is 6.92 Å². The molecule has 1 aromatic carbocycles. The van der Waals surface area contributed by atoms with Gasteiger partial charge in [-0.2, -0.15) is 0 Å². The first-order chi connectivity index (χ1) is 11.3. The van der Waals surface area contributed by atoms with Gasteiger partial charge in [0.25, 0.3) is 0 Å². The number of ketones is 1. The molecule has 3 N–H and O–H groups in total. The second-order valence-corrected chi connectivity index (χ2v) is 5.44. The van der Waals surface area contributed by atoms with Crippen LogP contribution in [0, 0.1) is 0 Å². The number of phenols is 1. The molecule has 0 radical (unpaired) electrons. The number of phenolic OH excluding ortho intramolecular Hbond substituents is 1. The highest BCUT2D eigenvalue weighted by Crippen LogP contribution is 2.33. The van der Waals surface area contributed by atoms with Gasteiger partial charge in [0.1, 0.15) is 11.5 Å². The predicted molar refractivity (Wildman–Crippen MR) is 92.4 cm³/mol. The first-order valence-electron chi connectivity index (χ1n) is 8.25. The molecule has 1 aromatic rings. The molecule has 1 rings (SSSR count). The molecule has 0 spiro atoms. The molecule has 0 amide bonds. The number of carboxylic acid groups (broad SMARTS) is 2. The molecule has 0 aromatic heterocycles. The lowest BCUT2D eigenvalue weighted by Gasteiger charge is -2.14. The molecular formula is C18H28O6. The van der Waals surface area contributed by atoms with Crippen molar-refractivity contribution < 1.29 is 29.6 Å². The topological polar surface area (TPSA) is 104 Å². The van der Waals surface area contributed by atoms with Crippen molar-refractivity contribution >= 4 is 11.9 Å². The zero-order valence-corrected chi connectivity index (χ0v) is 14.7. The van der Waals surface area contributed by atoms with Gasteiger partial charge in [-0.05, 0) is 31.9 Å². The number of carbonyl (C=O) groups excluding carboxylic acids is 1. The van der Waals surface area contributed by atoms with Crippen molar-refractivity contribution in [3.63, 3.8) is 0 Å². The Morgan fingerprint density at radius 3 is 2.17 bits per heavy atom. The maximum Gasteiger partial charge on any atom is 0.503 e. The van der Waals surface area contributed by atoms with E-state index in [4.69, 9.17) is 19.7 Å². The molecule has 0 unspecified atom stereocenters. The standard InChI is InChI=1S/C17H26O3.CH2O3/c1-4-6-7-8-12-20-16-11-10-14(13(3)18)17(19)15(16)9-5-2;2-1(3)4/h10-11,19H,4-9,12H2,1-3H3;(H2,2,3,4). The van der Waals surface area contributed by atoms with Gasteiger partial charge in [0.15, 0.2) is 5.78 Å². The Morgan fingerprint density at radius 1 is 1.04 bits per heavy atom. The quantitative estimate of drug-likeness (QED) is 0.443. The molecule has 0 aliphatic rings. The van der Waals surface area contributed by atoms with Gasteiger partial charge in [-0.25, -0.2) is 4.79 Å². The second-order valence-electron chi connectivity index (χ2n) is 5.44. The number of hydrogen-bond acceptors (Lipinski definition) is 4. The van der Waals surface area contributed by atoms with E-state index in [0.29, 0.717) is 17.9 Å². The minimum Gasteiger partial charge on any atom is -0.507 e. The van der Waals surface area contributed by atoms with Crippen LogP contribution in [0.15, 0.2) is 12.1 Å². The molecule has 24 heavy (non-hydrogen) atoms.